The van der Waals surface area contributed by atoms with Crippen LogP contribution in [0.25, 0.3) is 11.0 Å². The van der Waals surface area contributed by atoms with Gasteiger partial charge in [-0.15, -0.1) is 0 Å². The molecule has 0 radical (unpaired) electrons. The number of alkyl halides is 2. The molecule has 1 heterocycles. The van der Waals surface area contributed by atoms with Crippen LogP contribution in [0.3, 0.4) is 0 Å². The molecule has 0 aliphatic rings. The maximum Gasteiger partial charge on any atom is 0.341 e. The number of hydrogen-bond acceptors (Lipinski definition) is 5. The summed E-state index contributed by atoms with van der Waals surface area (Å²) in [4.78, 5) is 10.7. The number of ether oxygens (including phenoxy) is 1. The highest BCUT2D eigenvalue weighted by Gasteiger charge is 2.26. The van der Waals surface area contributed by atoms with Crippen LogP contribution < -0.4 is 10.4 Å². The summed E-state index contributed by atoms with van der Waals surface area (Å²) in [6, 6.07) is 12.3. The molecular formula is C16H10F2O5S. The van der Waals surface area contributed by atoms with Crippen LogP contribution in [0.1, 0.15) is 0 Å². The molecule has 8 heteroatoms. The van der Waals surface area contributed by atoms with Crippen LogP contribution >= 0.6 is 0 Å². The van der Waals surface area contributed by atoms with Gasteiger partial charge in [-0.05, 0) is 42.5 Å². The van der Waals surface area contributed by atoms with Crippen molar-refractivity contribution in [1.29, 1.82) is 0 Å². The average molecular weight is 352 g/mol. The van der Waals surface area contributed by atoms with Gasteiger partial charge in [0.1, 0.15) is 17.1 Å². The van der Waals surface area contributed by atoms with Gasteiger partial charge in [-0.3, -0.25) is 0 Å². The molecule has 0 N–H and O–H groups in total. The molecule has 5 nitrogen and oxygen atoms in total. The third-order valence-electron chi connectivity index (χ3n) is 3.22. The first-order chi connectivity index (χ1) is 11.4. The van der Waals surface area contributed by atoms with Crippen molar-refractivity contribution in [3.8, 4) is 11.5 Å². The van der Waals surface area contributed by atoms with Crippen LogP contribution in [0.2, 0.25) is 0 Å². The molecule has 1 aromatic heterocycles. The lowest BCUT2D eigenvalue weighted by atomic mass is 10.2. The van der Waals surface area contributed by atoms with E-state index < -0.39 is 26.1 Å². The van der Waals surface area contributed by atoms with Gasteiger partial charge in [-0.25, -0.2) is 13.2 Å². The second-order valence-corrected chi connectivity index (χ2v) is 6.75. The van der Waals surface area contributed by atoms with Crippen molar-refractivity contribution in [3.05, 3.63) is 65.0 Å². The summed E-state index contributed by atoms with van der Waals surface area (Å²) >= 11 is 0. The first kappa shape index (κ1) is 16.1. The van der Waals surface area contributed by atoms with Crippen LogP contribution in [0.15, 0.2) is 68.7 Å². The predicted octanol–water partition coefficient (Wildman–Crippen LogP) is 3.58. The van der Waals surface area contributed by atoms with E-state index in [2.05, 4.69) is 0 Å². The first-order valence-electron chi connectivity index (χ1n) is 6.70. The predicted molar refractivity (Wildman–Crippen MR) is 82.2 cm³/mol. The zero-order chi connectivity index (χ0) is 17.3. The standard InChI is InChI=1S/C16H10F2O5S/c17-16(18)24(20,21)13-6-4-11(5-7-13)22-12-3-1-10-2-8-15(19)23-14(10)9-12/h1-9,16H. The Hall–Kier alpha value is -2.74. The van der Waals surface area contributed by atoms with Crippen molar-refractivity contribution in [3.63, 3.8) is 0 Å². The summed E-state index contributed by atoms with van der Waals surface area (Å²) in [5, 5.41) is 0.709. The molecule has 0 amide bonds. The number of fused-ring (bicyclic) bond motifs is 1. The van der Waals surface area contributed by atoms with Crippen molar-refractivity contribution in [1.82, 2.24) is 0 Å². The molecule has 0 unspecified atom stereocenters. The van der Waals surface area contributed by atoms with Gasteiger partial charge >= 0.3 is 11.4 Å². The Morgan fingerprint density at radius 2 is 1.54 bits per heavy atom. The fraction of sp³-hybridized carbons (Fsp3) is 0.0625. The fourth-order valence-electron chi connectivity index (χ4n) is 2.04. The number of benzene rings is 2. The van der Waals surface area contributed by atoms with Gasteiger partial charge in [0.2, 0.25) is 9.84 Å². The van der Waals surface area contributed by atoms with Crippen LogP contribution in [0.4, 0.5) is 8.78 Å². The highest BCUT2D eigenvalue weighted by Crippen LogP contribution is 2.27. The third-order valence-corrected chi connectivity index (χ3v) is 4.62. The lowest BCUT2D eigenvalue weighted by molar-refractivity contribution is 0.234. The lowest BCUT2D eigenvalue weighted by Gasteiger charge is -2.08. The normalized spacial score (nSPS) is 11.8. The highest BCUT2D eigenvalue weighted by atomic mass is 32.2. The molecule has 0 saturated heterocycles. The minimum atomic E-state index is -4.64. The molecule has 0 aliphatic heterocycles. The molecule has 0 atom stereocenters. The summed E-state index contributed by atoms with van der Waals surface area (Å²) in [6.45, 7) is 0. The molecule has 0 fully saturated rings. The van der Waals surface area contributed by atoms with Gasteiger partial charge in [0.05, 0.1) is 4.90 Å². The summed E-state index contributed by atoms with van der Waals surface area (Å²) in [6.07, 6.45) is 0. The summed E-state index contributed by atoms with van der Waals surface area (Å²) < 4.78 is 58.2. The van der Waals surface area contributed by atoms with Gasteiger partial charge in [0.25, 0.3) is 0 Å². The third kappa shape index (κ3) is 3.13. The lowest BCUT2D eigenvalue weighted by Crippen LogP contribution is -2.11. The average Bonchev–Trinajstić information content (AvgIpc) is 2.55. The molecule has 0 saturated carbocycles. The topological polar surface area (TPSA) is 73.6 Å². The highest BCUT2D eigenvalue weighted by molar-refractivity contribution is 7.91. The Bertz CT molecular complexity index is 1040. The van der Waals surface area contributed by atoms with E-state index in [1.54, 1.807) is 18.2 Å². The van der Waals surface area contributed by atoms with Crippen molar-refractivity contribution in [2.45, 2.75) is 10.7 Å². The van der Waals surface area contributed by atoms with Crippen molar-refractivity contribution in [2.24, 2.45) is 0 Å². The van der Waals surface area contributed by atoms with E-state index >= 15 is 0 Å². The summed E-state index contributed by atoms with van der Waals surface area (Å²) in [5.41, 5.74) is -0.168. The molecule has 3 aromatic rings. The Morgan fingerprint density at radius 3 is 2.21 bits per heavy atom. The van der Waals surface area contributed by atoms with Gasteiger partial charge in [0.15, 0.2) is 0 Å². The van der Waals surface area contributed by atoms with Gasteiger partial charge in [-0.1, -0.05) is 0 Å². The summed E-state index contributed by atoms with van der Waals surface area (Å²) in [7, 11) is -4.64. The van der Waals surface area contributed by atoms with E-state index in [4.69, 9.17) is 9.15 Å². The molecule has 0 aliphatic carbocycles. The second-order valence-electron chi connectivity index (χ2n) is 4.83. The minimum absolute atomic E-state index is 0.251. The Labute approximate surface area is 135 Å². The zero-order valence-electron chi connectivity index (χ0n) is 12.0. The molecule has 2 aromatic carbocycles. The number of halogens is 2. The van der Waals surface area contributed by atoms with Crippen LogP contribution in [0.5, 0.6) is 11.5 Å². The maximum atomic E-state index is 12.5. The van der Waals surface area contributed by atoms with Gasteiger partial charge in [0, 0.05) is 17.5 Å². The Balaban J connectivity index is 1.88. The quantitative estimate of drug-likeness (QED) is 0.671. The van der Waals surface area contributed by atoms with E-state index in [-0.39, 0.29) is 5.75 Å². The first-order valence-corrected chi connectivity index (χ1v) is 8.25. The SMILES string of the molecule is O=c1ccc2ccc(Oc3ccc(S(=O)(=O)C(F)F)cc3)cc2o1. The molecule has 0 spiro atoms. The van der Waals surface area contributed by atoms with E-state index in [9.17, 15) is 22.0 Å². The van der Waals surface area contributed by atoms with Gasteiger partial charge < -0.3 is 9.15 Å². The van der Waals surface area contributed by atoms with E-state index in [1.165, 1.54) is 24.3 Å². The number of rotatable bonds is 4. The molecule has 3 rings (SSSR count). The number of hydrogen-bond donors (Lipinski definition) is 0. The molecule has 0 bridgehead atoms. The smallest absolute Gasteiger partial charge is 0.341 e. The second kappa shape index (κ2) is 6.04. The monoisotopic (exact) mass is 352 g/mol. The summed E-state index contributed by atoms with van der Waals surface area (Å²) in [5.74, 6) is -2.88. The maximum absolute atomic E-state index is 12.5. The molecular weight excluding hydrogens is 342 g/mol. The van der Waals surface area contributed by atoms with E-state index in [0.29, 0.717) is 16.7 Å². The van der Waals surface area contributed by atoms with Crippen molar-refractivity contribution < 1.29 is 26.4 Å². The van der Waals surface area contributed by atoms with Crippen molar-refractivity contribution in [2.75, 3.05) is 0 Å². The fourth-order valence-corrected chi connectivity index (χ4v) is 2.76. The molecule has 24 heavy (non-hydrogen) atoms. The van der Waals surface area contributed by atoms with Crippen LogP contribution in [-0.4, -0.2) is 14.2 Å². The molecule has 124 valence electrons. The minimum Gasteiger partial charge on any atom is -0.457 e. The van der Waals surface area contributed by atoms with Crippen LogP contribution in [-0.2, 0) is 9.84 Å². The zero-order valence-corrected chi connectivity index (χ0v) is 12.8. The Kier molecular flexibility index (Phi) is 4.06. The Morgan fingerprint density at radius 1 is 0.917 bits per heavy atom. The van der Waals surface area contributed by atoms with E-state index in [1.807, 2.05) is 0 Å². The van der Waals surface area contributed by atoms with Crippen LogP contribution in [0, 0.1) is 0 Å². The number of sulfone groups is 1. The van der Waals surface area contributed by atoms with Gasteiger partial charge in [-0.2, -0.15) is 8.78 Å². The van der Waals surface area contributed by atoms with Crippen molar-refractivity contribution >= 4 is 20.8 Å². The van der Waals surface area contributed by atoms with E-state index in [0.717, 1.165) is 12.1 Å². The largest absolute Gasteiger partial charge is 0.457 e.